The van der Waals surface area contributed by atoms with E-state index in [2.05, 4.69) is 5.32 Å². The predicted octanol–water partition coefficient (Wildman–Crippen LogP) is 0.267. The molecule has 2 heterocycles. The van der Waals surface area contributed by atoms with Crippen molar-refractivity contribution in [2.75, 3.05) is 32.8 Å². The number of nitrogens with zero attached hydrogens (tertiary/aromatic N) is 4. The average Bonchev–Trinajstić information content (AvgIpc) is 3.10. The molecular weight excluding hydrogens is 381 g/mol. The van der Waals surface area contributed by atoms with Gasteiger partial charge in [-0.2, -0.15) is 10.5 Å². The molecule has 2 aliphatic rings. The van der Waals surface area contributed by atoms with Gasteiger partial charge >= 0.3 is 5.97 Å². The second-order valence-corrected chi connectivity index (χ2v) is 7.64. The molecule has 2 atom stereocenters. The van der Waals surface area contributed by atoms with E-state index in [9.17, 15) is 18.8 Å². The molecule has 29 heavy (non-hydrogen) atoms. The van der Waals surface area contributed by atoms with E-state index in [0.29, 0.717) is 25.9 Å². The van der Waals surface area contributed by atoms with Gasteiger partial charge in [0, 0.05) is 31.5 Å². The normalized spacial score (nSPS) is 23.2. The first-order valence-corrected chi connectivity index (χ1v) is 9.66. The summed E-state index contributed by atoms with van der Waals surface area (Å²) in [7, 11) is 0. The number of amides is 2. The van der Waals surface area contributed by atoms with Gasteiger partial charge in [0.05, 0.1) is 31.6 Å². The number of ether oxygens (including phenoxy) is 1. The van der Waals surface area contributed by atoms with Crippen LogP contribution in [0.15, 0.2) is 0 Å². The first-order valence-electron chi connectivity index (χ1n) is 9.66. The van der Waals surface area contributed by atoms with E-state index in [-0.39, 0.29) is 56.3 Å². The third kappa shape index (κ3) is 6.40. The van der Waals surface area contributed by atoms with E-state index in [0.717, 1.165) is 0 Å². The summed E-state index contributed by atoms with van der Waals surface area (Å²) in [6.45, 7) is 2.46. The van der Waals surface area contributed by atoms with Crippen molar-refractivity contribution in [3.05, 3.63) is 0 Å². The number of rotatable bonds is 7. The van der Waals surface area contributed by atoms with E-state index in [1.807, 2.05) is 19.1 Å². The third-order valence-electron chi connectivity index (χ3n) is 5.40. The van der Waals surface area contributed by atoms with Gasteiger partial charge in [-0.3, -0.25) is 14.4 Å². The highest BCUT2D eigenvalue weighted by Gasteiger charge is 2.37. The zero-order chi connectivity index (χ0) is 21.4. The Labute approximate surface area is 169 Å². The van der Waals surface area contributed by atoms with Crippen LogP contribution in [0.25, 0.3) is 0 Å². The topological polar surface area (TPSA) is 127 Å². The number of esters is 1. The number of nitrogens with one attached hydrogen (secondary N) is 1. The summed E-state index contributed by atoms with van der Waals surface area (Å²) >= 11 is 0. The minimum Gasteiger partial charge on any atom is -0.456 e. The molecule has 0 aliphatic carbocycles. The number of piperidine rings is 1. The van der Waals surface area contributed by atoms with E-state index < -0.39 is 18.2 Å². The fourth-order valence-electron chi connectivity index (χ4n) is 3.46. The molecule has 10 heteroatoms. The molecule has 0 aromatic rings. The molecule has 2 rings (SSSR count). The van der Waals surface area contributed by atoms with Crippen molar-refractivity contribution in [3.63, 3.8) is 0 Å². The Morgan fingerprint density at radius 1 is 1.24 bits per heavy atom. The number of likely N-dealkylation sites (tertiary alicyclic amines) is 2. The molecule has 158 valence electrons. The number of hydrogen-bond acceptors (Lipinski definition) is 7. The zero-order valence-electron chi connectivity index (χ0n) is 16.5. The van der Waals surface area contributed by atoms with Crippen molar-refractivity contribution in [2.45, 2.75) is 56.8 Å². The van der Waals surface area contributed by atoms with Crippen LogP contribution in [0.5, 0.6) is 0 Å². The zero-order valence-corrected chi connectivity index (χ0v) is 16.5. The van der Waals surface area contributed by atoms with E-state index in [1.54, 1.807) is 4.90 Å². The summed E-state index contributed by atoms with van der Waals surface area (Å²) in [5.74, 6) is -1.17. The summed E-state index contributed by atoms with van der Waals surface area (Å²) in [5.41, 5.74) is -0.368. The van der Waals surface area contributed by atoms with Crippen LogP contribution >= 0.6 is 0 Å². The maximum absolute atomic E-state index is 13.5. The standard InChI is InChI=1S/C19H26FN5O4/c1-19(23-11-16(26)25-12-14(20)9-15(25)10-22)4-7-24(8-5-19)17(27)13-29-18(28)3-2-6-21/h14-15,23H,2-5,7-9,11-13H2,1H3/t14-,15-/m0/s1. The second-order valence-electron chi connectivity index (χ2n) is 7.64. The molecule has 2 amide bonds. The van der Waals surface area contributed by atoms with Gasteiger partial charge in [0.25, 0.3) is 5.91 Å². The Morgan fingerprint density at radius 2 is 1.93 bits per heavy atom. The monoisotopic (exact) mass is 407 g/mol. The Bertz CT molecular complexity index is 708. The van der Waals surface area contributed by atoms with Crippen molar-refractivity contribution in [2.24, 2.45) is 0 Å². The molecule has 0 aromatic heterocycles. The highest BCUT2D eigenvalue weighted by Crippen LogP contribution is 2.23. The highest BCUT2D eigenvalue weighted by atomic mass is 19.1. The smallest absolute Gasteiger partial charge is 0.307 e. The van der Waals surface area contributed by atoms with Crippen LogP contribution in [0.1, 0.15) is 39.0 Å². The van der Waals surface area contributed by atoms with Crippen LogP contribution in [0.2, 0.25) is 0 Å². The van der Waals surface area contributed by atoms with Crippen LogP contribution in [-0.2, 0) is 19.1 Å². The quantitative estimate of drug-likeness (QED) is 0.600. The van der Waals surface area contributed by atoms with Gasteiger partial charge in [-0.05, 0) is 19.8 Å². The number of carbonyl (C=O) groups is 3. The fraction of sp³-hybridized carbons (Fsp3) is 0.737. The van der Waals surface area contributed by atoms with Crippen molar-refractivity contribution in [3.8, 4) is 12.1 Å². The summed E-state index contributed by atoms with van der Waals surface area (Å²) in [5, 5.41) is 20.7. The minimum absolute atomic E-state index is 0.00581. The molecule has 0 radical (unpaired) electrons. The first-order chi connectivity index (χ1) is 13.8. The molecule has 0 aromatic carbocycles. The van der Waals surface area contributed by atoms with Gasteiger partial charge in [0.1, 0.15) is 12.2 Å². The van der Waals surface area contributed by atoms with Crippen molar-refractivity contribution in [1.82, 2.24) is 15.1 Å². The predicted molar refractivity (Wildman–Crippen MR) is 98.7 cm³/mol. The van der Waals surface area contributed by atoms with Crippen molar-refractivity contribution < 1.29 is 23.5 Å². The van der Waals surface area contributed by atoms with Crippen LogP contribution in [0, 0.1) is 22.7 Å². The summed E-state index contributed by atoms with van der Waals surface area (Å²) in [4.78, 5) is 38.8. The van der Waals surface area contributed by atoms with E-state index >= 15 is 0 Å². The van der Waals surface area contributed by atoms with E-state index in [4.69, 9.17) is 15.3 Å². The molecule has 0 bridgehead atoms. The summed E-state index contributed by atoms with van der Waals surface area (Å²) in [6.07, 6.45) is 0.105. The number of halogens is 1. The average molecular weight is 407 g/mol. The molecule has 2 fully saturated rings. The van der Waals surface area contributed by atoms with Crippen LogP contribution < -0.4 is 5.32 Å². The SMILES string of the molecule is CC1(NCC(=O)N2C[C@@H](F)C[C@H]2C#N)CCN(C(=O)COC(=O)CCC#N)CC1. The van der Waals surface area contributed by atoms with Crippen LogP contribution in [0.4, 0.5) is 4.39 Å². The minimum atomic E-state index is -1.16. The van der Waals surface area contributed by atoms with Gasteiger partial charge < -0.3 is 19.9 Å². The molecule has 2 saturated heterocycles. The number of alkyl halides is 1. The summed E-state index contributed by atoms with van der Waals surface area (Å²) in [6, 6.07) is 3.08. The Balaban J connectivity index is 1.74. The first kappa shape index (κ1) is 22.6. The number of nitriles is 2. The van der Waals surface area contributed by atoms with Gasteiger partial charge in [-0.15, -0.1) is 0 Å². The van der Waals surface area contributed by atoms with Gasteiger partial charge in [-0.1, -0.05) is 0 Å². The van der Waals surface area contributed by atoms with E-state index in [1.165, 1.54) is 4.90 Å². The van der Waals surface area contributed by atoms with Gasteiger partial charge in [0.2, 0.25) is 5.91 Å². The van der Waals surface area contributed by atoms with Crippen LogP contribution in [0.3, 0.4) is 0 Å². The van der Waals surface area contributed by atoms with Crippen molar-refractivity contribution in [1.29, 1.82) is 10.5 Å². The fourth-order valence-corrected chi connectivity index (χ4v) is 3.46. The molecule has 0 spiro atoms. The lowest BCUT2D eigenvalue weighted by Crippen LogP contribution is -2.55. The second kappa shape index (κ2) is 10.2. The largest absolute Gasteiger partial charge is 0.456 e. The Hall–Kier alpha value is -2.72. The third-order valence-corrected chi connectivity index (χ3v) is 5.40. The molecule has 2 aliphatic heterocycles. The molecule has 0 saturated carbocycles. The lowest BCUT2D eigenvalue weighted by molar-refractivity contribution is -0.152. The van der Waals surface area contributed by atoms with Crippen molar-refractivity contribution >= 4 is 17.8 Å². The van der Waals surface area contributed by atoms with Gasteiger partial charge in [-0.25, -0.2) is 4.39 Å². The lowest BCUT2D eigenvalue weighted by atomic mass is 9.89. The lowest BCUT2D eigenvalue weighted by Gasteiger charge is -2.40. The van der Waals surface area contributed by atoms with Gasteiger partial charge in [0.15, 0.2) is 6.61 Å². The molecule has 1 N–H and O–H groups in total. The van der Waals surface area contributed by atoms with Crippen LogP contribution in [-0.4, -0.2) is 78.1 Å². The Kier molecular flexibility index (Phi) is 7.91. The molecule has 9 nitrogen and oxygen atoms in total. The molecular formula is C19H26FN5O4. The number of carbonyl (C=O) groups excluding carboxylic acids is 3. The maximum Gasteiger partial charge on any atom is 0.307 e. The highest BCUT2D eigenvalue weighted by molar-refractivity contribution is 5.81. The number of hydrogen-bond donors (Lipinski definition) is 1. The summed E-state index contributed by atoms with van der Waals surface area (Å²) < 4.78 is 18.4. The Morgan fingerprint density at radius 3 is 2.55 bits per heavy atom. The maximum atomic E-state index is 13.5. The molecule has 0 unspecified atom stereocenters.